The molecule has 0 saturated heterocycles. The Kier molecular flexibility index (Phi) is 2.50. The van der Waals surface area contributed by atoms with Gasteiger partial charge in [0.25, 0.3) is 0 Å². The predicted molar refractivity (Wildman–Crippen MR) is 49.3 cm³/mol. The molecular formula is C9H15N3O. The molecule has 13 heavy (non-hydrogen) atoms. The topological polar surface area (TPSA) is 47.8 Å². The van der Waals surface area contributed by atoms with Crippen molar-refractivity contribution < 1.29 is 4.79 Å². The van der Waals surface area contributed by atoms with E-state index in [4.69, 9.17) is 0 Å². The Balaban J connectivity index is 2.93. The number of aromatic nitrogens is 3. The summed E-state index contributed by atoms with van der Waals surface area (Å²) in [5.41, 5.74) is 0.812. The predicted octanol–water partition coefficient (Wildman–Crippen LogP) is 1.07. The first-order valence-electron chi connectivity index (χ1n) is 4.28. The highest BCUT2D eigenvalue weighted by Crippen LogP contribution is 2.25. The van der Waals surface area contributed by atoms with Gasteiger partial charge < -0.3 is 0 Å². The molecule has 1 rings (SSSR count). The van der Waals surface area contributed by atoms with E-state index in [1.165, 1.54) is 0 Å². The van der Waals surface area contributed by atoms with Crippen LogP contribution in [-0.4, -0.2) is 20.8 Å². The van der Waals surface area contributed by atoms with Crippen LogP contribution in [-0.2, 0) is 17.3 Å². The van der Waals surface area contributed by atoms with Crippen molar-refractivity contribution in [1.29, 1.82) is 0 Å². The summed E-state index contributed by atoms with van der Waals surface area (Å²) < 4.78 is 1.71. The van der Waals surface area contributed by atoms with E-state index < -0.39 is 0 Å². The van der Waals surface area contributed by atoms with Crippen LogP contribution >= 0.6 is 0 Å². The third kappa shape index (κ3) is 2.14. The summed E-state index contributed by atoms with van der Waals surface area (Å²) >= 11 is 0. The molecule has 0 N–H and O–H groups in total. The molecule has 4 heteroatoms. The fourth-order valence-electron chi connectivity index (χ4n) is 1.62. The summed E-state index contributed by atoms with van der Waals surface area (Å²) in [5.74, 6) is 0.186. The quantitative estimate of drug-likeness (QED) is 0.700. The van der Waals surface area contributed by atoms with Crippen molar-refractivity contribution in [3.8, 4) is 0 Å². The van der Waals surface area contributed by atoms with Gasteiger partial charge in [0.05, 0.1) is 11.9 Å². The first-order valence-corrected chi connectivity index (χ1v) is 4.28. The zero-order valence-corrected chi connectivity index (χ0v) is 8.53. The van der Waals surface area contributed by atoms with Gasteiger partial charge in [-0.2, -0.15) is 0 Å². The number of hydrogen-bond donors (Lipinski definition) is 0. The van der Waals surface area contributed by atoms with E-state index >= 15 is 0 Å². The van der Waals surface area contributed by atoms with Gasteiger partial charge in [0.15, 0.2) is 0 Å². The molecule has 0 aromatic carbocycles. The molecule has 1 aromatic heterocycles. The van der Waals surface area contributed by atoms with Crippen LogP contribution in [0, 0.1) is 0 Å². The van der Waals surface area contributed by atoms with Gasteiger partial charge in [-0.15, -0.1) is 5.10 Å². The van der Waals surface area contributed by atoms with Gasteiger partial charge in [-0.1, -0.05) is 19.1 Å². The third-order valence-electron chi connectivity index (χ3n) is 2.10. The maximum atomic E-state index is 11.0. The SMILES string of the molecule is CC(=O)CC(C)(C)c1cnnn1C. The van der Waals surface area contributed by atoms with Crippen LogP contribution in [0.5, 0.6) is 0 Å². The molecule has 0 saturated carbocycles. The van der Waals surface area contributed by atoms with E-state index in [1.54, 1.807) is 17.8 Å². The summed E-state index contributed by atoms with van der Waals surface area (Å²) in [7, 11) is 1.84. The first kappa shape index (κ1) is 9.89. The Labute approximate surface area is 77.9 Å². The average molecular weight is 181 g/mol. The summed E-state index contributed by atoms with van der Waals surface area (Å²) in [6, 6.07) is 0. The van der Waals surface area contributed by atoms with Crippen LogP contribution < -0.4 is 0 Å². The molecule has 0 atom stereocenters. The van der Waals surface area contributed by atoms with Gasteiger partial charge in [0, 0.05) is 18.9 Å². The van der Waals surface area contributed by atoms with Crippen LogP contribution in [0.2, 0.25) is 0 Å². The molecule has 0 amide bonds. The smallest absolute Gasteiger partial charge is 0.130 e. The molecule has 1 heterocycles. The third-order valence-corrected chi connectivity index (χ3v) is 2.10. The molecule has 4 nitrogen and oxygen atoms in total. The molecule has 0 bridgehead atoms. The molecule has 0 radical (unpaired) electrons. The normalized spacial score (nSPS) is 11.7. The van der Waals surface area contributed by atoms with E-state index in [9.17, 15) is 4.79 Å². The average Bonchev–Trinajstić information content (AvgIpc) is 2.32. The number of rotatable bonds is 3. The lowest BCUT2D eigenvalue weighted by Crippen LogP contribution is -2.23. The number of hydrogen-bond acceptors (Lipinski definition) is 3. The lowest BCUT2D eigenvalue weighted by molar-refractivity contribution is -0.118. The van der Waals surface area contributed by atoms with E-state index in [0.29, 0.717) is 6.42 Å². The standard InChI is InChI=1S/C9H15N3O/c1-7(13)5-9(2,3)8-6-10-11-12(8)4/h6H,5H2,1-4H3. The van der Waals surface area contributed by atoms with Crippen molar-refractivity contribution in [1.82, 2.24) is 15.0 Å². The fourth-order valence-corrected chi connectivity index (χ4v) is 1.62. The van der Waals surface area contributed by atoms with Crippen molar-refractivity contribution in [2.75, 3.05) is 0 Å². The van der Waals surface area contributed by atoms with Crippen LogP contribution in [0.4, 0.5) is 0 Å². The maximum Gasteiger partial charge on any atom is 0.130 e. The molecule has 0 aliphatic heterocycles. The van der Waals surface area contributed by atoms with Crippen molar-refractivity contribution >= 4 is 5.78 Å². The highest BCUT2D eigenvalue weighted by atomic mass is 16.1. The number of Topliss-reactive ketones (excluding diaryl/α,β-unsaturated/α-hetero) is 1. The monoisotopic (exact) mass is 181 g/mol. The summed E-state index contributed by atoms with van der Waals surface area (Å²) in [6.07, 6.45) is 2.23. The summed E-state index contributed by atoms with van der Waals surface area (Å²) in [5, 5.41) is 7.64. The molecule has 0 unspecified atom stereocenters. The second-order valence-corrected chi connectivity index (χ2v) is 4.01. The largest absolute Gasteiger partial charge is 0.300 e. The van der Waals surface area contributed by atoms with Gasteiger partial charge in [-0.3, -0.25) is 9.48 Å². The van der Waals surface area contributed by atoms with Crippen LogP contribution in [0.15, 0.2) is 6.20 Å². The Bertz CT molecular complexity index is 314. The minimum absolute atomic E-state index is 0.177. The highest BCUT2D eigenvalue weighted by Gasteiger charge is 2.25. The van der Waals surface area contributed by atoms with Crippen LogP contribution in [0.3, 0.4) is 0 Å². The Morgan fingerprint density at radius 3 is 2.62 bits per heavy atom. The second-order valence-electron chi connectivity index (χ2n) is 4.01. The van der Waals surface area contributed by atoms with Crippen LogP contribution in [0.1, 0.15) is 32.9 Å². The fraction of sp³-hybridized carbons (Fsp3) is 0.667. The number of aryl methyl sites for hydroxylation is 1. The molecular weight excluding hydrogens is 166 g/mol. The molecule has 0 fully saturated rings. The summed E-state index contributed by atoms with van der Waals surface area (Å²) in [4.78, 5) is 11.0. The van der Waals surface area contributed by atoms with E-state index in [1.807, 2.05) is 20.9 Å². The minimum Gasteiger partial charge on any atom is -0.300 e. The lowest BCUT2D eigenvalue weighted by Gasteiger charge is -2.22. The highest BCUT2D eigenvalue weighted by molar-refractivity contribution is 5.76. The van der Waals surface area contributed by atoms with Gasteiger partial charge >= 0.3 is 0 Å². The molecule has 0 spiro atoms. The molecule has 0 aliphatic rings. The summed E-state index contributed by atoms with van der Waals surface area (Å²) in [6.45, 7) is 5.64. The van der Waals surface area contributed by atoms with Crippen molar-refractivity contribution in [3.63, 3.8) is 0 Å². The Hall–Kier alpha value is -1.19. The van der Waals surface area contributed by atoms with Crippen LogP contribution in [0.25, 0.3) is 0 Å². The van der Waals surface area contributed by atoms with Gasteiger partial charge in [0.2, 0.25) is 0 Å². The molecule has 1 aromatic rings. The Morgan fingerprint density at radius 1 is 1.62 bits per heavy atom. The molecule has 0 aliphatic carbocycles. The van der Waals surface area contributed by atoms with Crippen molar-refractivity contribution in [3.05, 3.63) is 11.9 Å². The van der Waals surface area contributed by atoms with Gasteiger partial charge in [0.1, 0.15) is 5.78 Å². The number of ketones is 1. The van der Waals surface area contributed by atoms with E-state index in [2.05, 4.69) is 10.3 Å². The number of carbonyl (C=O) groups excluding carboxylic acids is 1. The second kappa shape index (κ2) is 3.28. The van der Waals surface area contributed by atoms with Crippen molar-refractivity contribution in [2.24, 2.45) is 7.05 Å². The number of carbonyl (C=O) groups is 1. The number of nitrogens with zero attached hydrogens (tertiary/aromatic N) is 3. The maximum absolute atomic E-state index is 11.0. The zero-order valence-electron chi connectivity index (χ0n) is 8.53. The first-order chi connectivity index (χ1) is 5.93. The van der Waals surface area contributed by atoms with Crippen molar-refractivity contribution in [2.45, 2.75) is 32.6 Å². The van der Waals surface area contributed by atoms with E-state index in [0.717, 1.165) is 5.69 Å². The Morgan fingerprint density at radius 2 is 2.23 bits per heavy atom. The zero-order chi connectivity index (χ0) is 10.1. The lowest BCUT2D eigenvalue weighted by atomic mass is 9.84. The van der Waals surface area contributed by atoms with Gasteiger partial charge in [-0.05, 0) is 6.92 Å². The van der Waals surface area contributed by atoms with E-state index in [-0.39, 0.29) is 11.2 Å². The minimum atomic E-state index is -0.177. The molecule has 72 valence electrons. The van der Waals surface area contributed by atoms with Gasteiger partial charge in [-0.25, -0.2) is 0 Å².